The van der Waals surface area contributed by atoms with E-state index in [4.69, 9.17) is 4.74 Å². The van der Waals surface area contributed by atoms with Crippen LogP contribution >= 0.6 is 15.9 Å². The molecule has 0 saturated carbocycles. The lowest BCUT2D eigenvalue weighted by molar-refractivity contribution is -0.122. The smallest absolute Gasteiger partial charge is 0.229 e. The lowest BCUT2D eigenvalue weighted by Gasteiger charge is -2.19. The van der Waals surface area contributed by atoms with Crippen LogP contribution in [0.5, 0.6) is 5.75 Å². The highest BCUT2D eigenvalue weighted by Gasteiger charge is 2.36. The maximum absolute atomic E-state index is 12.5. The Labute approximate surface area is 148 Å². The fourth-order valence-electron chi connectivity index (χ4n) is 2.78. The van der Waals surface area contributed by atoms with E-state index in [1.54, 1.807) is 18.1 Å². The molecule has 2 aromatic carbocycles. The largest absolute Gasteiger partial charge is 0.495 e. The van der Waals surface area contributed by atoms with Crippen molar-refractivity contribution in [1.29, 1.82) is 0 Å². The topological polar surface area (TPSA) is 58.6 Å². The van der Waals surface area contributed by atoms with Crippen molar-refractivity contribution in [1.82, 2.24) is 0 Å². The number of hydrogen-bond donors (Lipinski definition) is 1. The van der Waals surface area contributed by atoms with E-state index in [1.165, 1.54) is 0 Å². The Kier molecular flexibility index (Phi) is 4.85. The second-order valence-electron chi connectivity index (χ2n) is 5.58. The molecule has 1 heterocycles. The van der Waals surface area contributed by atoms with Crippen LogP contribution in [-0.2, 0) is 9.59 Å². The summed E-state index contributed by atoms with van der Waals surface area (Å²) in [5, 5.41) is 2.87. The summed E-state index contributed by atoms with van der Waals surface area (Å²) in [5.41, 5.74) is 1.40. The number of carbonyl (C=O) groups excluding carboxylic acids is 2. The van der Waals surface area contributed by atoms with Gasteiger partial charge in [0.05, 0.1) is 18.7 Å². The van der Waals surface area contributed by atoms with Crippen molar-refractivity contribution >= 4 is 39.1 Å². The number of nitrogens with zero attached hydrogens (tertiary/aromatic N) is 1. The summed E-state index contributed by atoms with van der Waals surface area (Å²) >= 11 is 3.37. The predicted molar refractivity (Wildman–Crippen MR) is 96.2 cm³/mol. The van der Waals surface area contributed by atoms with E-state index in [0.29, 0.717) is 23.7 Å². The van der Waals surface area contributed by atoms with E-state index in [1.807, 2.05) is 42.5 Å². The summed E-state index contributed by atoms with van der Waals surface area (Å²) in [6.07, 6.45) is 0.192. The summed E-state index contributed by atoms with van der Waals surface area (Å²) in [5.74, 6) is 0.00744. The van der Waals surface area contributed by atoms with Gasteiger partial charge in [-0.15, -0.1) is 0 Å². The van der Waals surface area contributed by atoms with Gasteiger partial charge in [-0.25, -0.2) is 0 Å². The van der Waals surface area contributed by atoms with E-state index in [-0.39, 0.29) is 24.2 Å². The van der Waals surface area contributed by atoms with Gasteiger partial charge in [-0.05, 0) is 30.3 Å². The van der Waals surface area contributed by atoms with E-state index in [9.17, 15) is 9.59 Å². The van der Waals surface area contributed by atoms with Gasteiger partial charge in [0, 0.05) is 23.1 Å². The fourth-order valence-corrected chi connectivity index (χ4v) is 3.18. The highest BCUT2D eigenvalue weighted by molar-refractivity contribution is 9.10. The Morgan fingerprint density at radius 2 is 2.04 bits per heavy atom. The molecule has 124 valence electrons. The van der Waals surface area contributed by atoms with Crippen molar-refractivity contribution in [2.75, 3.05) is 23.9 Å². The van der Waals surface area contributed by atoms with Gasteiger partial charge < -0.3 is 15.0 Å². The number of nitrogens with one attached hydrogen (secondary N) is 1. The maximum Gasteiger partial charge on any atom is 0.229 e. The Balaban J connectivity index is 1.73. The number of benzene rings is 2. The van der Waals surface area contributed by atoms with Gasteiger partial charge in [0.2, 0.25) is 11.8 Å². The van der Waals surface area contributed by atoms with Crippen LogP contribution in [0.1, 0.15) is 6.42 Å². The average molecular weight is 389 g/mol. The van der Waals surface area contributed by atoms with Crippen LogP contribution in [0.25, 0.3) is 0 Å². The highest BCUT2D eigenvalue weighted by Crippen LogP contribution is 2.33. The second kappa shape index (κ2) is 7.05. The van der Waals surface area contributed by atoms with E-state index in [2.05, 4.69) is 21.2 Å². The van der Waals surface area contributed by atoms with Crippen LogP contribution in [0.15, 0.2) is 53.0 Å². The number of hydrogen-bond acceptors (Lipinski definition) is 3. The molecule has 3 rings (SSSR count). The van der Waals surface area contributed by atoms with Crippen molar-refractivity contribution < 1.29 is 14.3 Å². The molecule has 5 nitrogen and oxygen atoms in total. The van der Waals surface area contributed by atoms with E-state index < -0.39 is 0 Å². The van der Waals surface area contributed by atoms with Crippen LogP contribution in [0, 0.1) is 5.92 Å². The molecule has 24 heavy (non-hydrogen) atoms. The third-order valence-corrected chi connectivity index (χ3v) is 4.46. The first-order chi connectivity index (χ1) is 11.6. The number of methoxy groups -OCH3 is 1. The number of carbonyl (C=O) groups is 2. The molecule has 2 amide bonds. The zero-order valence-corrected chi connectivity index (χ0v) is 14.7. The lowest BCUT2D eigenvalue weighted by atomic mass is 10.1. The molecule has 1 aliphatic heterocycles. The minimum Gasteiger partial charge on any atom is -0.495 e. The molecule has 0 radical (unpaired) electrons. The van der Waals surface area contributed by atoms with E-state index >= 15 is 0 Å². The molecule has 1 fully saturated rings. The molecule has 6 heteroatoms. The Morgan fingerprint density at radius 1 is 1.25 bits per heavy atom. The molecule has 0 aromatic heterocycles. The van der Waals surface area contributed by atoms with Crippen molar-refractivity contribution in [3.63, 3.8) is 0 Å². The van der Waals surface area contributed by atoms with E-state index in [0.717, 1.165) is 4.47 Å². The first kappa shape index (κ1) is 16.5. The number of rotatable bonds is 4. The molecule has 2 aromatic rings. The Hall–Kier alpha value is -2.34. The van der Waals surface area contributed by atoms with Crippen LogP contribution in [0.3, 0.4) is 0 Å². The summed E-state index contributed by atoms with van der Waals surface area (Å²) in [6.45, 7) is 0.346. The Morgan fingerprint density at radius 3 is 2.79 bits per heavy atom. The SMILES string of the molecule is COc1ccccc1N1C[C@@H](C(=O)Nc2cccc(Br)c2)CC1=O. The standard InChI is InChI=1S/C18H17BrN2O3/c1-24-16-8-3-2-7-15(16)21-11-12(9-17(21)22)18(23)20-14-6-4-5-13(19)10-14/h2-8,10,12H,9,11H2,1H3,(H,20,23)/t12-/m0/s1. The second-order valence-corrected chi connectivity index (χ2v) is 6.49. The monoisotopic (exact) mass is 388 g/mol. The van der Waals surface area contributed by atoms with Crippen molar-refractivity contribution in [2.45, 2.75) is 6.42 Å². The quantitative estimate of drug-likeness (QED) is 0.872. The average Bonchev–Trinajstić information content (AvgIpc) is 2.96. The summed E-state index contributed by atoms with van der Waals surface area (Å²) in [6, 6.07) is 14.7. The van der Waals surface area contributed by atoms with Gasteiger partial charge in [-0.1, -0.05) is 34.1 Å². The lowest BCUT2D eigenvalue weighted by Crippen LogP contribution is -2.28. The number of anilines is 2. The molecule has 0 aliphatic carbocycles. The third-order valence-electron chi connectivity index (χ3n) is 3.96. The molecule has 0 spiro atoms. The number of amides is 2. The third kappa shape index (κ3) is 3.43. The zero-order chi connectivity index (χ0) is 17.1. The molecular formula is C18H17BrN2O3. The predicted octanol–water partition coefficient (Wildman–Crippen LogP) is 3.45. The molecule has 1 aliphatic rings. The summed E-state index contributed by atoms with van der Waals surface area (Å²) in [4.78, 5) is 26.4. The molecule has 1 N–H and O–H groups in total. The van der Waals surface area contributed by atoms with Crippen LogP contribution in [-0.4, -0.2) is 25.5 Å². The molecule has 0 bridgehead atoms. The van der Waals surface area contributed by atoms with Crippen molar-refractivity contribution in [3.05, 3.63) is 53.0 Å². The molecular weight excluding hydrogens is 372 g/mol. The summed E-state index contributed by atoms with van der Waals surface area (Å²) < 4.78 is 6.20. The fraction of sp³-hybridized carbons (Fsp3) is 0.222. The van der Waals surface area contributed by atoms with Crippen molar-refractivity contribution in [3.8, 4) is 5.75 Å². The number of halogens is 1. The minimum atomic E-state index is -0.388. The normalized spacial score (nSPS) is 17.0. The first-order valence-corrected chi connectivity index (χ1v) is 8.37. The first-order valence-electron chi connectivity index (χ1n) is 7.58. The van der Waals surface area contributed by atoms with Crippen LogP contribution in [0.4, 0.5) is 11.4 Å². The van der Waals surface area contributed by atoms with Crippen molar-refractivity contribution in [2.24, 2.45) is 5.92 Å². The Bertz CT molecular complexity index is 778. The van der Waals surface area contributed by atoms with Gasteiger partial charge in [0.25, 0.3) is 0 Å². The van der Waals surface area contributed by atoms with Gasteiger partial charge in [-0.3, -0.25) is 9.59 Å². The van der Waals surface area contributed by atoms with Gasteiger partial charge in [-0.2, -0.15) is 0 Å². The molecule has 1 atom stereocenters. The molecule has 1 saturated heterocycles. The number of para-hydroxylation sites is 2. The zero-order valence-electron chi connectivity index (χ0n) is 13.2. The minimum absolute atomic E-state index is 0.0751. The van der Waals surface area contributed by atoms with Crippen LogP contribution < -0.4 is 15.0 Å². The van der Waals surface area contributed by atoms with Gasteiger partial charge in [0.15, 0.2) is 0 Å². The highest BCUT2D eigenvalue weighted by atomic mass is 79.9. The summed E-state index contributed by atoms with van der Waals surface area (Å²) in [7, 11) is 1.57. The molecule has 0 unspecified atom stereocenters. The van der Waals surface area contributed by atoms with Gasteiger partial charge >= 0.3 is 0 Å². The maximum atomic E-state index is 12.5. The van der Waals surface area contributed by atoms with Crippen LogP contribution in [0.2, 0.25) is 0 Å². The number of ether oxygens (including phenoxy) is 1. The van der Waals surface area contributed by atoms with Gasteiger partial charge in [0.1, 0.15) is 5.75 Å².